The molecule has 0 aliphatic carbocycles. The maximum Gasteiger partial charge on any atom is 0.251 e. The molecule has 1 saturated heterocycles. The maximum atomic E-state index is 12.4. The van der Waals surface area contributed by atoms with E-state index in [1.807, 2.05) is 12.1 Å². The molecule has 0 bridgehead atoms. The van der Waals surface area contributed by atoms with Gasteiger partial charge in [-0.05, 0) is 62.3 Å². The van der Waals surface area contributed by atoms with Crippen molar-refractivity contribution in [1.82, 2.24) is 10.2 Å². The van der Waals surface area contributed by atoms with Crippen molar-refractivity contribution < 1.29 is 9.21 Å². The Morgan fingerprint density at radius 2 is 1.96 bits per heavy atom. The summed E-state index contributed by atoms with van der Waals surface area (Å²) in [5.41, 5.74) is 1.11. The van der Waals surface area contributed by atoms with Crippen molar-refractivity contribution in [2.45, 2.75) is 25.3 Å². The third kappa shape index (κ3) is 3.84. The number of nitrogens with zero attached hydrogens (tertiary/aromatic N) is 2. The van der Waals surface area contributed by atoms with E-state index in [-0.39, 0.29) is 11.9 Å². The van der Waals surface area contributed by atoms with Gasteiger partial charge < -0.3 is 9.73 Å². The minimum absolute atomic E-state index is 0.0580. The number of likely N-dealkylation sites (tertiary alicyclic amines) is 1. The molecular weight excluding hydrogens is 302 g/mol. The number of hydrogen-bond donors (Lipinski definition) is 1. The lowest BCUT2D eigenvalue weighted by Crippen LogP contribution is -2.40. The number of benzene rings is 1. The van der Waals surface area contributed by atoms with Crippen molar-refractivity contribution >= 4 is 5.91 Å². The minimum Gasteiger partial charge on any atom is -0.468 e. The van der Waals surface area contributed by atoms with Crippen LogP contribution in [0.5, 0.6) is 0 Å². The summed E-state index contributed by atoms with van der Waals surface area (Å²) < 4.78 is 5.59. The zero-order valence-electron chi connectivity index (χ0n) is 13.6. The van der Waals surface area contributed by atoms with Gasteiger partial charge in [-0.2, -0.15) is 5.26 Å². The van der Waals surface area contributed by atoms with E-state index in [4.69, 9.17) is 9.68 Å². The summed E-state index contributed by atoms with van der Waals surface area (Å²) in [6.45, 7) is 2.56. The van der Waals surface area contributed by atoms with Gasteiger partial charge in [0, 0.05) is 12.1 Å². The highest BCUT2D eigenvalue weighted by atomic mass is 16.3. The van der Waals surface area contributed by atoms with Gasteiger partial charge in [0.1, 0.15) is 5.76 Å². The Labute approximate surface area is 141 Å². The smallest absolute Gasteiger partial charge is 0.251 e. The monoisotopic (exact) mass is 323 g/mol. The first-order valence-corrected chi connectivity index (χ1v) is 8.34. The largest absolute Gasteiger partial charge is 0.468 e. The van der Waals surface area contributed by atoms with Crippen LogP contribution in [0.15, 0.2) is 47.1 Å². The first kappa shape index (κ1) is 16.3. The minimum atomic E-state index is -0.131. The van der Waals surface area contributed by atoms with Crippen LogP contribution in [0.2, 0.25) is 0 Å². The van der Waals surface area contributed by atoms with E-state index in [9.17, 15) is 4.79 Å². The van der Waals surface area contributed by atoms with Crippen molar-refractivity contribution in [3.05, 3.63) is 59.5 Å². The Kier molecular flexibility index (Phi) is 5.29. The van der Waals surface area contributed by atoms with Crippen LogP contribution in [0, 0.1) is 11.3 Å². The molecule has 5 heteroatoms. The van der Waals surface area contributed by atoms with Crippen molar-refractivity contribution in [2.24, 2.45) is 0 Å². The fraction of sp³-hybridized carbons (Fsp3) is 0.368. The summed E-state index contributed by atoms with van der Waals surface area (Å²) in [6, 6.07) is 12.6. The van der Waals surface area contributed by atoms with Gasteiger partial charge in [-0.3, -0.25) is 9.69 Å². The summed E-state index contributed by atoms with van der Waals surface area (Å²) in [5.74, 6) is 0.755. The molecule has 1 aliphatic heterocycles. The molecule has 0 radical (unpaired) electrons. The number of rotatable bonds is 5. The van der Waals surface area contributed by atoms with Crippen LogP contribution >= 0.6 is 0 Å². The zero-order chi connectivity index (χ0) is 16.8. The summed E-state index contributed by atoms with van der Waals surface area (Å²) in [5, 5.41) is 11.8. The topological polar surface area (TPSA) is 69.3 Å². The Balaban J connectivity index is 1.66. The van der Waals surface area contributed by atoms with Gasteiger partial charge in [-0.1, -0.05) is 6.42 Å². The third-order valence-corrected chi connectivity index (χ3v) is 4.44. The maximum absolute atomic E-state index is 12.4. The highest BCUT2D eigenvalue weighted by Gasteiger charge is 2.25. The van der Waals surface area contributed by atoms with Crippen LogP contribution in [-0.4, -0.2) is 30.4 Å². The average molecular weight is 323 g/mol. The molecule has 0 spiro atoms. The molecule has 1 aromatic heterocycles. The summed E-state index contributed by atoms with van der Waals surface area (Å²) >= 11 is 0. The lowest BCUT2D eigenvalue weighted by Gasteiger charge is -2.33. The second-order valence-electron chi connectivity index (χ2n) is 6.03. The fourth-order valence-electron chi connectivity index (χ4n) is 3.11. The van der Waals surface area contributed by atoms with Crippen molar-refractivity contribution in [2.75, 3.05) is 19.6 Å². The predicted molar refractivity (Wildman–Crippen MR) is 90.4 cm³/mol. The number of carbonyl (C=O) groups is 1. The average Bonchev–Trinajstić information content (AvgIpc) is 3.17. The first-order valence-electron chi connectivity index (χ1n) is 8.34. The molecule has 2 heterocycles. The molecule has 3 rings (SSSR count). The molecule has 0 saturated carbocycles. The second kappa shape index (κ2) is 7.80. The number of furan rings is 1. The molecule has 124 valence electrons. The highest BCUT2D eigenvalue weighted by molar-refractivity contribution is 5.94. The van der Waals surface area contributed by atoms with Gasteiger partial charge in [-0.15, -0.1) is 0 Å². The summed E-state index contributed by atoms with van der Waals surface area (Å²) in [4.78, 5) is 14.7. The number of nitrogens with one attached hydrogen (secondary N) is 1. The number of nitriles is 1. The van der Waals surface area contributed by atoms with Gasteiger partial charge in [0.25, 0.3) is 5.91 Å². The third-order valence-electron chi connectivity index (χ3n) is 4.44. The van der Waals surface area contributed by atoms with E-state index in [0.717, 1.165) is 18.8 Å². The van der Waals surface area contributed by atoms with Crippen LogP contribution in [0.25, 0.3) is 0 Å². The number of amides is 1. The summed E-state index contributed by atoms with van der Waals surface area (Å²) in [6.07, 6.45) is 5.30. The van der Waals surface area contributed by atoms with Crippen LogP contribution in [0.4, 0.5) is 0 Å². The van der Waals surface area contributed by atoms with Crippen molar-refractivity contribution in [3.8, 4) is 6.07 Å². The molecule has 2 aromatic rings. The first-order chi connectivity index (χ1) is 11.8. The van der Waals surface area contributed by atoms with Crippen molar-refractivity contribution in [1.29, 1.82) is 5.26 Å². The molecule has 1 atom stereocenters. The lowest BCUT2D eigenvalue weighted by molar-refractivity contribution is 0.0914. The van der Waals surface area contributed by atoms with Crippen molar-refractivity contribution in [3.63, 3.8) is 0 Å². The van der Waals surface area contributed by atoms with E-state index in [2.05, 4.69) is 16.3 Å². The Morgan fingerprint density at radius 1 is 1.21 bits per heavy atom. The lowest BCUT2D eigenvalue weighted by atomic mass is 10.1. The van der Waals surface area contributed by atoms with Gasteiger partial charge in [0.15, 0.2) is 0 Å². The van der Waals surface area contributed by atoms with E-state index in [0.29, 0.717) is 17.7 Å². The van der Waals surface area contributed by atoms with Crippen LogP contribution < -0.4 is 5.32 Å². The van der Waals surface area contributed by atoms with E-state index in [1.165, 1.54) is 19.3 Å². The molecule has 1 N–H and O–H groups in total. The molecule has 1 aliphatic rings. The van der Waals surface area contributed by atoms with Gasteiger partial charge >= 0.3 is 0 Å². The zero-order valence-corrected chi connectivity index (χ0v) is 13.6. The summed E-state index contributed by atoms with van der Waals surface area (Å²) in [7, 11) is 0. The molecule has 1 aromatic carbocycles. The quantitative estimate of drug-likeness (QED) is 0.918. The Hall–Kier alpha value is -2.58. The van der Waals surface area contributed by atoms with Gasteiger partial charge in [-0.25, -0.2) is 0 Å². The van der Waals surface area contributed by atoms with Crippen LogP contribution in [0.1, 0.15) is 47.0 Å². The molecular formula is C19H21N3O2. The van der Waals surface area contributed by atoms with Gasteiger partial charge in [0.2, 0.25) is 0 Å². The van der Waals surface area contributed by atoms with Crippen LogP contribution in [0.3, 0.4) is 0 Å². The van der Waals surface area contributed by atoms with E-state index >= 15 is 0 Å². The van der Waals surface area contributed by atoms with Gasteiger partial charge in [0.05, 0.1) is 23.9 Å². The van der Waals surface area contributed by atoms with E-state index < -0.39 is 0 Å². The Bertz CT molecular complexity index is 695. The normalized spacial score (nSPS) is 16.3. The van der Waals surface area contributed by atoms with Crippen LogP contribution in [-0.2, 0) is 0 Å². The fourth-order valence-corrected chi connectivity index (χ4v) is 3.11. The number of piperidine rings is 1. The molecule has 1 fully saturated rings. The predicted octanol–water partition coefficient (Wildman–Crippen LogP) is 3.11. The standard InChI is InChI=1S/C19H21N3O2/c20-13-15-6-8-16(9-7-15)19(23)21-14-17(18-5-4-12-24-18)22-10-2-1-3-11-22/h4-9,12,17H,1-3,10-11,14H2,(H,21,23)/t17-/m1/s1. The molecule has 1 amide bonds. The SMILES string of the molecule is N#Cc1ccc(C(=O)NC[C@H](c2ccco2)N2CCCCC2)cc1. The molecule has 0 unspecified atom stereocenters. The number of carbonyl (C=O) groups excluding carboxylic acids is 1. The molecule has 24 heavy (non-hydrogen) atoms. The molecule has 5 nitrogen and oxygen atoms in total. The highest BCUT2D eigenvalue weighted by Crippen LogP contribution is 2.24. The van der Waals surface area contributed by atoms with E-state index in [1.54, 1.807) is 30.5 Å². The second-order valence-corrected chi connectivity index (χ2v) is 6.03. The number of hydrogen-bond acceptors (Lipinski definition) is 4. The Morgan fingerprint density at radius 3 is 2.58 bits per heavy atom.